The van der Waals surface area contributed by atoms with Gasteiger partial charge in [0, 0.05) is 19.3 Å². The summed E-state index contributed by atoms with van der Waals surface area (Å²) in [5, 5.41) is 0. The standard InChI is InChI=1S/C75H132O6/c1-4-7-10-13-16-19-22-25-28-31-34-36-37-39-41-44-47-50-53-56-59-62-65-68-74(77)80-71-72(70-79-73(76)67-64-61-58-55-52-49-46-43-40-33-30-27-24-21-18-15-12-9-6-3)81-75(78)69-66-63-60-57-54-51-48-45-42-38-35-32-29-26-23-20-17-14-11-8-5-2/h8,11,17,20,22,25-27,29-31,34-35,38,72H,4-7,9-10,12-16,18-19,21,23-24,28,32-33,36-37,39-71H2,1-3H3/b11-8-,20-17-,25-22-,29-26-,30-27-,34-31-,38-35-. The van der Waals surface area contributed by atoms with Gasteiger partial charge in [-0.1, -0.05) is 305 Å². The lowest BCUT2D eigenvalue weighted by Gasteiger charge is -2.18. The summed E-state index contributed by atoms with van der Waals surface area (Å²) in [7, 11) is 0. The van der Waals surface area contributed by atoms with E-state index in [1.165, 1.54) is 218 Å². The quantitative estimate of drug-likeness (QED) is 0.0261. The third kappa shape index (κ3) is 67.3. The summed E-state index contributed by atoms with van der Waals surface area (Å²) >= 11 is 0. The van der Waals surface area contributed by atoms with Crippen molar-refractivity contribution in [2.24, 2.45) is 0 Å². The lowest BCUT2D eigenvalue weighted by molar-refractivity contribution is -0.167. The molecule has 0 fully saturated rings. The Hall–Kier alpha value is -3.41. The van der Waals surface area contributed by atoms with Crippen LogP contribution in [0.4, 0.5) is 0 Å². The highest BCUT2D eigenvalue weighted by Gasteiger charge is 2.19. The number of rotatable bonds is 64. The van der Waals surface area contributed by atoms with Crippen LogP contribution in [0.5, 0.6) is 0 Å². The number of ether oxygens (including phenoxy) is 3. The second-order valence-corrected chi connectivity index (χ2v) is 23.4. The molecule has 0 aromatic heterocycles. The lowest BCUT2D eigenvalue weighted by Crippen LogP contribution is -2.30. The first-order valence-electron chi connectivity index (χ1n) is 35.1. The number of unbranched alkanes of at least 4 members (excludes halogenated alkanes) is 39. The van der Waals surface area contributed by atoms with Crippen molar-refractivity contribution in [3.63, 3.8) is 0 Å². The van der Waals surface area contributed by atoms with E-state index in [1.807, 2.05) is 0 Å². The van der Waals surface area contributed by atoms with E-state index in [0.29, 0.717) is 19.3 Å². The molecule has 0 bridgehead atoms. The number of hydrogen-bond acceptors (Lipinski definition) is 6. The molecule has 0 heterocycles. The fourth-order valence-corrected chi connectivity index (χ4v) is 10.1. The zero-order valence-corrected chi connectivity index (χ0v) is 53.8. The average molecular weight is 1130 g/mol. The Morgan fingerprint density at radius 3 is 0.765 bits per heavy atom. The van der Waals surface area contributed by atoms with E-state index >= 15 is 0 Å². The van der Waals surface area contributed by atoms with Gasteiger partial charge in [0.1, 0.15) is 13.2 Å². The van der Waals surface area contributed by atoms with Crippen LogP contribution in [0.1, 0.15) is 355 Å². The first-order chi connectivity index (χ1) is 40.0. The molecule has 81 heavy (non-hydrogen) atoms. The van der Waals surface area contributed by atoms with Gasteiger partial charge < -0.3 is 14.2 Å². The molecule has 6 nitrogen and oxygen atoms in total. The van der Waals surface area contributed by atoms with Crippen molar-refractivity contribution in [3.8, 4) is 0 Å². The first-order valence-corrected chi connectivity index (χ1v) is 35.1. The molecule has 1 unspecified atom stereocenters. The molecule has 0 saturated heterocycles. The topological polar surface area (TPSA) is 78.9 Å². The second kappa shape index (κ2) is 69.1. The molecule has 0 spiro atoms. The fourth-order valence-electron chi connectivity index (χ4n) is 10.1. The number of carbonyl (C=O) groups is 3. The molecule has 0 saturated carbocycles. The maximum absolute atomic E-state index is 13.0. The van der Waals surface area contributed by atoms with Crippen molar-refractivity contribution in [3.05, 3.63) is 85.1 Å². The molecule has 0 aromatic carbocycles. The molecule has 0 aliphatic rings. The van der Waals surface area contributed by atoms with Gasteiger partial charge in [-0.05, 0) is 116 Å². The fraction of sp³-hybridized carbons (Fsp3) is 0.773. The van der Waals surface area contributed by atoms with Gasteiger partial charge in [-0.15, -0.1) is 0 Å². The van der Waals surface area contributed by atoms with E-state index in [-0.39, 0.29) is 31.1 Å². The van der Waals surface area contributed by atoms with Crippen molar-refractivity contribution in [2.45, 2.75) is 361 Å². The van der Waals surface area contributed by atoms with Gasteiger partial charge in [-0.25, -0.2) is 0 Å². The Morgan fingerprint density at radius 1 is 0.259 bits per heavy atom. The van der Waals surface area contributed by atoms with Crippen LogP contribution in [0.25, 0.3) is 0 Å². The molecule has 0 amide bonds. The summed E-state index contributed by atoms with van der Waals surface area (Å²) in [6.07, 6.45) is 91.7. The van der Waals surface area contributed by atoms with Gasteiger partial charge in [0.2, 0.25) is 0 Å². The zero-order chi connectivity index (χ0) is 58.5. The van der Waals surface area contributed by atoms with Crippen LogP contribution in [-0.2, 0) is 28.6 Å². The molecule has 1 atom stereocenters. The van der Waals surface area contributed by atoms with Crippen molar-refractivity contribution in [2.75, 3.05) is 13.2 Å². The van der Waals surface area contributed by atoms with Crippen LogP contribution in [0, 0.1) is 0 Å². The molecule has 0 aromatic rings. The normalized spacial score (nSPS) is 12.6. The molecule has 0 rings (SSSR count). The molecular formula is C75H132O6. The van der Waals surface area contributed by atoms with E-state index in [2.05, 4.69) is 106 Å². The summed E-state index contributed by atoms with van der Waals surface area (Å²) in [5.41, 5.74) is 0. The van der Waals surface area contributed by atoms with Gasteiger partial charge >= 0.3 is 17.9 Å². The number of carbonyl (C=O) groups excluding carboxylic acids is 3. The molecular weight excluding hydrogens is 997 g/mol. The zero-order valence-electron chi connectivity index (χ0n) is 53.8. The van der Waals surface area contributed by atoms with E-state index < -0.39 is 6.10 Å². The van der Waals surface area contributed by atoms with Crippen molar-refractivity contribution in [1.82, 2.24) is 0 Å². The van der Waals surface area contributed by atoms with Gasteiger partial charge in [0.05, 0.1) is 0 Å². The maximum atomic E-state index is 13.0. The molecule has 468 valence electrons. The van der Waals surface area contributed by atoms with Gasteiger partial charge in [0.15, 0.2) is 6.10 Å². The highest BCUT2D eigenvalue weighted by Crippen LogP contribution is 2.17. The number of esters is 3. The van der Waals surface area contributed by atoms with E-state index in [0.717, 1.165) is 96.3 Å². The van der Waals surface area contributed by atoms with Gasteiger partial charge in [0.25, 0.3) is 0 Å². The second-order valence-electron chi connectivity index (χ2n) is 23.4. The van der Waals surface area contributed by atoms with E-state index in [9.17, 15) is 14.4 Å². The third-order valence-electron chi connectivity index (χ3n) is 15.4. The average Bonchev–Trinajstić information content (AvgIpc) is 3.47. The van der Waals surface area contributed by atoms with Gasteiger partial charge in [-0.3, -0.25) is 14.4 Å². The third-order valence-corrected chi connectivity index (χ3v) is 15.4. The molecule has 6 heteroatoms. The minimum absolute atomic E-state index is 0.0795. The highest BCUT2D eigenvalue weighted by atomic mass is 16.6. The largest absolute Gasteiger partial charge is 0.462 e. The van der Waals surface area contributed by atoms with E-state index in [1.54, 1.807) is 0 Å². The molecule has 0 aliphatic heterocycles. The Bertz CT molecular complexity index is 1530. The predicted octanol–water partition coefficient (Wildman–Crippen LogP) is 24.2. The van der Waals surface area contributed by atoms with Crippen LogP contribution in [0.15, 0.2) is 85.1 Å². The monoisotopic (exact) mass is 1130 g/mol. The number of hydrogen-bond donors (Lipinski definition) is 0. The number of allylic oxidation sites excluding steroid dienone is 14. The SMILES string of the molecule is CC/C=C\C/C=C\C/C=C\C/C=C\CCCCCCCCCCC(=O)OC(COC(=O)CCCCCCCCCCC/C=C\CCCCCCCC)COC(=O)CCCCCCCCCCCCC/C=C\C/C=C\CCCCCCC. The summed E-state index contributed by atoms with van der Waals surface area (Å²) in [6.45, 7) is 6.55. The van der Waals surface area contributed by atoms with Gasteiger partial charge in [-0.2, -0.15) is 0 Å². The van der Waals surface area contributed by atoms with E-state index in [4.69, 9.17) is 14.2 Å². The van der Waals surface area contributed by atoms with Crippen LogP contribution in [0.2, 0.25) is 0 Å². The maximum Gasteiger partial charge on any atom is 0.306 e. The first kappa shape index (κ1) is 77.6. The minimum Gasteiger partial charge on any atom is -0.462 e. The Morgan fingerprint density at radius 2 is 0.481 bits per heavy atom. The molecule has 0 aliphatic carbocycles. The predicted molar refractivity (Wildman–Crippen MR) is 353 cm³/mol. The summed E-state index contributed by atoms with van der Waals surface area (Å²) in [5.74, 6) is -0.873. The highest BCUT2D eigenvalue weighted by molar-refractivity contribution is 5.71. The summed E-state index contributed by atoms with van der Waals surface area (Å²) in [4.78, 5) is 38.5. The Labute approximate surface area is 503 Å². The van der Waals surface area contributed by atoms with Crippen molar-refractivity contribution < 1.29 is 28.6 Å². The summed E-state index contributed by atoms with van der Waals surface area (Å²) in [6, 6.07) is 0. The Balaban J connectivity index is 4.38. The van der Waals surface area contributed by atoms with Crippen LogP contribution in [0.3, 0.4) is 0 Å². The minimum atomic E-state index is -0.785. The van der Waals surface area contributed by atoms with Crippen LogP contribution < -0.4 is 0 Å². The van der Waals surface area contributed by atoms with Crippen LogP contribution >= 0.6 is 0 Å². The lowest BCUT2D eigenvalue weighted by atomic mass is 10.0. The Kier molecular flexibility index (Phi) is 66.2. The molecule has 0 N–H and O–H groups in total. The van der Waals surface area contributed by atoms with Crippen LogP contribution in [-0.4, -0.2) is 37.2 Å². The smallest absolute Gasteiger partial charge is 0.306 e. The summed E-state index contributed by atoms with van der Waals surface area (Å²) < 4.78 is 17.0. The van der Waals surface area contributed by atoms with Crippen molar-refractivity contribution >= 4 is 17.9 Å². The molecule has 0 radical (unpaired) electrons. The van der Waals surface area contributed by atoms with Crippen molar-refractivity contribution in [1.29, 1.82) is 0 Å².